The van der Waals surface area contributed by atoms with E-state index < -0.39 is 0 Å². The molecule has 6 atom stereocenters. The monoisotopic (exact) mass is 342 g/mol. The Morgan fingerprint density at radius 2 is 2.05 bits per heavy atom. The van der Waals surface area contributed by atoms with Gasteiger partial charge < -0.3 is 0 Å². The lowest BCUT2D eigenvalue weighted by Gasteiger charge is -2.49. The lowest BCUT2D eigenvalue weighted by atomic mass is 9.56. The quantitative estimate of drug-likeness (QED) is 0.605. The third-order valence-corrected chi connectivity index (χ3v) is 7.28. The fourth-order valence-electron chi connectivity index (χ4n) is 5.62. The van der Waals surface area contributed by atoms with Crippen LogP contribution in [0.5, 0.6) is 0 Å². The molecule has 0 N–H and O–H groups in total. The summed E-state index contributed by atoms with van der Waals surface area (Å²) in [5.41, 5.74) is 0.284. The number of carbonyl (C=O) groups is 1. The summed E-state index contributed by atoms with van der Waals surface area (Å²) in [6, 6.07) is 0. The van der Waals surface area contributed by atoms with E-state index >= 15 is 0 Å². The fraction of sp³-hybridized carbons (Fsp3) is 0.944. The van der Waals surface area contributed by atoms with Crippen molar-refractivity contribution in [1.82, 2.24) is 0 Å². The van der Waals surface area contributed by atoms with Crippen molar-refractivity contribution in [2.75, 3.05) is 5.33 Å². The van der Waals surface area contributed by atoms with E-state index in [4.69, 9.17) is 0 Å². The summed E-state index contributed by atoms with van der Waals surface area (Å²) < 4.78 is 0. The fourth-order valence-corrected chi connectivity index (χ4v) is 6.01. The van der Waals surface area contributed by atoms with Gasteiger partial charge in [-0.15, -0.1) is 0 Å². The third-order valence-electron chi connectivity index (χ3n) is 6.73. The molecule has 2 aliphatic rings. The highest BCUT2D eigenvalue weighted by molar-refractivity contribution is 9.09. The normalized spacial score (nSPS) is 42.2. The van der Waals surface area contributed by atoms with Crippen LogP contribution in [0.25, 0.3) is 0 Å². The molecule has 0 aromatic carbocycles. The Bertz CT molecular complexity index is 353. The van der Waals surface area contributed by atoms with E-state index in [0.717, 1.165) is 30.1 Å². The molecule has 20 heavy (non-hydrogen) atoms. The molecule has 0 radical (unpaired) electrons. The number of rotatable bonds is 5. The van der Waals surface area contributed by atoms with Crippen molar-refractivity contribution in [3.63, 3.8) is 0 Å². The van der Waals surface area contributed by atoms with Crippen LogP contribution in [0.1, 0.15) is 66.2 Å². The molecule has 2 rings (SSSR count). The van der Waals surface area contributed by atoms with Crippen molar-refractivity contribution in [3.05, 3.63) is 0 Å². The lowest BCUT2D eigenvalue weighted by Crippen LogP contribution is -2.44. The summed E-state index contributed by atoms with van der Waals surface area (Å²) in [7, 11) is 0. The van der Waals surface area contributed by atoms with E-state index in [1.54, 1.807) is 0 Å². The van der Waals surface area contributed by atoms with E-state index in [1.165, 1.54) is 32.1 Å². The zero-order valence-electron chi connectivity index (χ0n) is 13.6. The average molecular weight is 343 g/mol. The zero-order valence-corrected chi connectivity index (χ0v) is 15.2. The molecule has 0 amide bonds. The summed E-state index contributed by atoms with van der Waals surface area (Å²) in [6.45, 7) is 9.63. The summed E-state index contributed by atoms with van der Waals surface area (Å²) in [5.74, 6) is 4.06. The molecular formula is C18H31BrO. The minimum Gasteiger partial charge on any atom is -0.298 e. The van der Waals surface area contributed by atoms with Crippen molar-refractivity contribution in [2.45, 2.75) is 66.2 Å². The van der Waals surface area contributed by atoms with Gasteiger partial charge in [-0.2, -0.15) is 0 Å². The molecule has 116 valence electrons. The second-order valence-corrected chi connectivity index (χ2v) is 8.23. The van der Waals surface area contributed by atoms with Gasteiger partial charge in [-0.3, -0.25) is 4.79 Å². The Kier molecular flexibility index (Phi) is 5.37. The maximum atomic E-state index is 12.3. The standard InChI is InChI=1S/C18H31BrO/c1-5-6-12(2)14-9-10-18(4)15(13(14)3)7-8-16(18)17(20)11-19/h12-16H,5-11H2,1-4H3. The predicted molar refractivity (Wildman–Crippen MR) is 89.1 cm³/mol. The molecule has 2 fully saturated rings. The Morgan fingerprint density at radius 1 is 1.35 bits per heavy atom. The van der Waals surface area contributed by atoms with Crippen molar-refractivity contribution in [2.24, 2.45) is 35.0 Å². The van der Waals surface area contributed by atoms with Crippen LogP contribution < -0.4 is 0 Å². The van der Waals surface area contributed by atoms with Gasteiger partial charge in [0.1, 0.15) is 5.78 Å². The summed E-state index contributed by atoms with van der Waals surface area (Å²) in [4.78, 5) is 12.3. The van der Waals surface area contributed by atoms with Crippen molar-refractivity contribution < 1.29 is 4.79 Å². The summed E-state index contributed by atoms with van der Waals surface area (Å²) >= 11 is 3.39. The van der Waals surface area contributed by atoms with E-state index in [2.05, 4.69) is 43.6 Å². The second-order valence-electron chi connectivity index (χ2n) is 7.67. The number of fused-ring (bicyclic) bond motifs is 1. The van der Waals surface area contributed by atoms with E-state index in [0.29, 0.717) is 17.0 Å². The maximum absolute atomic E-state index is 12.3. The van der Waals surface area contributed by atoms with Gasteiger partial charge in [0.25, 0.3) is 0 Å². The van der Waals surface area contributed by atoms with Crippen LogP contribution in [0.3, 0.4) is 0 Å². The highest BCUT2D eigenvalue weighted by Gasteiger charge is 2.54. The van der Waals surface area contributed by atoms with Crippen LogP contribution in [0, 0.1) is 35.0 Å². The number of Topliss-reactive ketones (excluding diaryl/α,β-unsaturated/α-hetero) is 1. The molecular weight excluding hydrogens is 312 g/mol. The molecule has 0 bridgehead atoms. The minimum absolute atomic E-state index is 0.284. The van der Waals surface area contributed by atoms with Crippen LogP contribution in [0.15, 0.2) is 0 Å². The number of hydrogen-bond donors (Lipinski definition) is 0. The van der Waals surface area contributed by atoms with E-state index in [1.807, 2.05) is 0 Å². The van der Waals surface area contributed by atoms with Crippen LogP contribution in [0.2, 0.25) is 0 Å². The Labute approximate surface area is 133 Å². The number of carbonyl (C=O) groups excluding carboxylic acids is 1. The highest BCUT2D eigenvalue weighted by atomic mass is 79.9. The van der Waals surface area contributed by atoms with Gasteiger partial charge in [0, 0.05) is 5.92 Å². The van der Waals surface area contributed by atoms with Gasteiger partial charge >= 0.3 is 0 Å². The number of ketones is 1. The van der Waals surface area contributed by atoms with Gasteiger partial charge in [0.05, 0.1) is 5.33 Å². The molecule has 2 heteroatoms. The minimum atomic E-state index is 0.284. The van der Waals surface area contributed by atoms with Crippen LogP contribution >= 0.6 is 15.9 Å². The molecule has 0 saturated heterocycles. The zero-order chi connectivity index (χ0) is 14.9. The van der Waals surface area contributed by atoms with E-state index in [-0.39, 0.29) is 5.41 Å². The summed E-state index contributed by atoms with van der Waals surface area (Å²) in [6.07, 6.45) is 7.67. The Balaban J connectivity index is 2.13. The van der Waals surface area contributed by atoms with Gasteiger partial charge in [0.15, 0.2) is 0 Å². The molecule has 0 aliphatic heterocycles. The first-order valence-corrected chi connectivity index (χ1v) is 9.66. The second kappa shape index (κ2) is 6.50. The first kappa shape index (κ1) is 16.5. The Hall–Kier alpha value is 0.150. The topological polar surface area (TPSA) is 17.1 Å². The lowest BCUT2D eigenvalue weighted by molar-refractivity contribution is -0.125. The predicted octanol–water partition coefficient (Wildman–Crippen LogP) is 5.47. The third kappa shape index (κ3) is 2.74. The summed E-state index contributed by atoms with van der Waals surface area (Å²) in [5, 5.41) is 0.546. The van der Waals surface area contributed by atoms with Gasteiger partial charge in [-0.05, 0) is 54.8 Å². The number of alkyl halides is 1. The van der Waals surface area contributed by atoms with Crippen molar-refractivity contribution >= 4 is 21.7 Å². The molecule has 0 heterocycles. The van der Waals surface area contributed by atoms with Crippen molar-refractivity contribution in [3.8, 4) is 0 Å². The van der Waals surface area contributed by atoms with Crippen molar-refractivity contribution in [1.29, 1.82) is 0 Å². The maximum Gasteiger partial charge on any atom is 0.147 e. The number of hydrogen-bond acceptors (Lipinski definition) is 1. The molecule has 0 aromatic heterocycles. The highest BCUT2D eigenvalue weighted by Crippen LogP contribution is 2.60. The van der Waals surface area contributed by atoms with Gasteiger partial charge in [-0.25, -0.2) is 0 Å². The Morgan fingerprint density at radius 3 is 2.65 bits per heavy atom. The van der Waals surface area contributed by atoms with E-state index in [9.17, 15) is 4.79 Å². The first-order chi connectivity index (χ1) is 9.45. The van der Waals surface area contributed by atoms with Gasteiger partial charge in [0.2, 0.25) is 0 Å². The first-order valence-electron chi connectivity index (χ1n) is 8.54. The van der Waals surface area contributed by atoms with Crippen LogP contribution in [-0.4, -0.2) is 11.1 Å². The molecule has 2 saturated carbocycles. The average Bonchev–Trinajstić information content (AvgIpc) is 2.76. The molecule has 6 unspecified atom stereocenters. The smallest absolute Gasteiger partial charge is 0.147 e. The van der Waals surface area contributed by atoms with Crippen LogP contribution in [0.4, 0.5) is 0 Å². The molecule has 1 nitrogen and oxygen atoms in total. The van der Waals surface area contributed by atoms with Gasteiger partial charge in [-0.1, -0.05) is 56.5 Å². The molecule has 0 aromatic rings. The SMILES string of the molecule is CCCC(C)C1CCC2(C)C(C(=O)CBr)CCC2C1C. The van der Waals surface area contributed by atoms with Crippen LogP contribution in [-0.2, 0) is 4.79 Å². The molecule has 2 aliphatic carbocycles. The largest absolute Gasteiger partial charge is 0.298 e. The number of halogens is 1. The molecule has 0 spiro atoms.